The van der Waals surface area contributed by atoms with Gasteiger partial charge in [0.15, 0.2) is 17.8 Å². The molecular weight excluding hydrogens is 355 g/mol. The van der Waals surface area contributed by atoms with Gasteiger partial charge in [-0.15, -0.1) is 0 Å². The third kappa shape index (κ3) is 3.25. The highest BCUT2D eigenvalue weighted by atomic mass is 19.4. The minimum Gasteiger partial charge on any atom is -0.436 e. The Balaban J connectivity index is 1.80. The van der Waals surface area contributed by atoms with Crippen molar-refractivity contribution in [1.29, 1.82) is 0 Å². The lowest BCUT2D eigenvalue weighted by atomic mass is 9.97. The van der Waals surface area contributed by atoms with Crippen LogP contribution in [0, 0.1) is 0 Å². The first-order valence-electron chi connectivity index (χ1n) is 8.48. The first kappa shape index (κ1) is 17.5. The summed E-state index contributed by atoms with van der Waals surface area (Å²) >= 11 is 0. The molecule has 4 rings (SSSR count). The molecule has 0 bridgehead atoms. The molecule has 0 saturated carbocycles. The number of alkyl halides is 3. The molecule has 0 spiro atoms. The highest BCUT2D eigenvalue weighted by Crippen LogP contribution is 2.35. The second-order valence-corrected chi connectivity index (χ2v) is 6.66. The van der Waals surface area contributed by atoms with Crippen LogP contribution in [-0.4, -0.2) is 27.8 Å². The van der Waals surface area contributed by atoms with E-state index in [-0.39, 0.29) is 11.6 Å². The number of allylic oxidation sites excluding steroid dienone is 1. The van der Waals surface area contributed by atoms with Crippen molar-refractivity contribution >= 4 is 17.3 Å². The Labute approximate surface area is 153 Å². The Morgan fingerprint density at radius 2 is 2.04 bits per heavy atom. The Bertz CT molecular complexity index is 1080. The van der Waals surface area contributed by atoms with Crippen molar-refractivity contribution in [3.8, 4) is 11.5 Å². The zero-order valence-corrected chi connectivity index (χ0v) is 14.8. The maximum absolute atomic E-state index is 12.9. The molecule has 3 aromatic rings. The molecule has 2 aromatic heterocycles. The number of halogens is 3. The van der Waals surface area contributed by atoms with E-state index in [9.17, 15) is 13.2 Å². The van der Waals surface area contributed by atoms with E-state index < -0.39 is 11.7 Å². The molecule has 1 aliphatic heterocycles. The normalized spacial score (nSPS) is 17.7. The number of hydrogen-bond donors (Lipinski definition) is 0. The van der Waals surface area contributed by atoms with E-state index in [1.165, 1.54) is 11.6 Å². The van der Waals surface area contributed by atoms with E-state index in [4.69, 9.17) is 4.42 Å². The summed E-state index contributed by atoms with van der Waals surface area (Å²) in [5.41, 5.74) is 2.59. The van der Waals surface area contributed by atoms with E-state index in [0.717, 1.165) is 29.7 Å². The molecule has 0 radical (unpaired) electrons. The smallest absolute Gasteiger partial charge is 0.416 e. The summed E-state index contributed by atoms with van der Waals surface area (Å²) in [5, 5.41) is 0. The van der Waals surface area contributed by atoms with Crippen molar-refractivity contribution < 1.29 is 22.2 Å². The monoisotopic (exact) mass is 372 g/mol. The Morgan fingerprint density at radius 1 is 1.22 bits per heavy atom. The van der Waals surface area contributed by atoms with Crippen LogP contribution in [0.5, 0.6) is 0 Å². The van der Waals surface area contributed by atoms with Crippen LogP contribution in [0.3, 0.4) is 0 Å². The van der Waals surface area contributed by atoms with Crippen molar-refractivity contribution in [1.82, 2.24) is 9.97 Å². The molecule has 3 heterocycles. The molecule has 1 atom stereocenters. The van der Waals surface area contributed by atoms with Crippen molar-refractivity contribution in [3.63, 3.8) is 0 Å². The minimum atomic E-state index is -4.42. The number of oxazole rings is 1. The van der Waals surface area contributed by atoms with Crippen LogP contribution < -0.4 is 0 Å². The van der Waals surface area contributed by atoms with Gasteiger partial charge < -0.3 is 4.42 Å². The summed E-state index contributed by atoms with van der Waals surface area (Å²) in [6.45, 7) is 2.04. The molecule has 7 heteroatoms. The molecule has 4 nitrogen and oxygen atoms in total. The number of rotatable bonds is 2. The molecule has 0 saturated heterocycles. The maximum Gasteiger partial charge on any atom is 0.416 e. The fourth-order valence-electron chi connectivity index (χ4n) is 3.36. The second-order valence-electron chi connectivity index (χ2n) is 6.66. The van der Waals surface area contributed by atoms with Crippen LogP contribution in [0.1, 0.15) is 30.5 Å². The zero-order valence-electron chi connectivity index (χ0n) is 14.8. The fraction of sp³-hybridized carbons (Fsp3) is 0.250. The summed E-state index contributed by atoms with van der Waals surface area (Å²) in [6, 6.07) is 5.15. The molecule has 0 amide bonds. The lowest BCUT2D eigenvalue weighted by Gasteiger charge is -2.17. The van der Waals surface area contributed by atoms with E-state index in [0.29, 0.717) is 11.5 Å². The second kappa shape index (κ2) is 6.33. The molecule has 1 aliphatic rings. The van der Waals surface area contributed by atoms with Gasteiger partial charge in [0, 0.05) is 24.4 Å². The van der Waals surface area contributed by atoms with Gasteiger partial charge in [0.1, 0.15) is 12.6 Å². The summed E-state index contributed by atoms with van der Waals surface area (Å²) in [5.74, 6) is 0.293. The SMILES string of the molecule is CC1=CCC(c2cnccc2-c2nc3cc(C(F)(F)F)ccc3o2)[N+](C)=C1. The standard InChI is InChI=1S/C20H17F3N3O/c1-12-3-5-17(26(2)11-12)15-10-24-8-7-14(15)19-25-16-9-13(20(21,22)23)4-6-18(16)27-19/h3-4,6-11,17H,5H2,1-2H3/q+1. The van der Waals surface area contributed by atoms with E-state index >= 15 is 0 Å². The Morgan fingerprint density at radius 3 is 2.78 bits per heavy atom. The molecule has 1 unspecified atom stereocenters. The predicted molar refractivity (Wildman–Crippen MR) is 95.6 cm³/mol. The van der Waals surface area contributed by atoms with Crippen molar-refractivity contribution in [2.45, 2.75) is 25.6 Å². The Kier molecular flexibility index (Phi) is 4.09. The number of nitrogens with zero attached hydrogens (tertiary/aromatic N) is 3. The van der Waals surface area contributed by atoms with Crippen LogP contribution >= 0.6 is 0 Å². The lowest BCUT2D eigenvalue weighted by molar-refractivity contribution is -0.540. The maximum atomic E-state index is 12.9. The lowest BCUT2D eigenvalue weighted by Crippen LogP contribution is -2.20. The van der Waals surface area contributed by atoms with E-state index in [2.05, 4.69) is 20.6 Å². The quantitative estimate of drug-likeness (QED) is 0.594. The van der Waals surface area contributed by atoms with Gasteiger partial charge in [0.25, 0.3) is 0 Å². The average Bonchev–Trinajstić information content (AvgIpc) is 3.04. The van der Waals surface area contributed by atoms with Crippen molar-refractivity contribution in [2.75, 3.05) is 7.05 Å². The molecule has 138 valence electrons. The van der Waals surface area contributed by atoms with Crippen LogP contribution in [0.15, 0.2) is 52.7 Å². The van der Waals surface area contributed by atoms with Gasteiger partial charge in [-0.3, -0.25) is 4.98 Å². The zero-order chi connectivity index (χ0) is 19.2. The van der Waals surface area contributed by atoms with Crippen molar-refractivity contribution in [3.05, 3.63) is 59.4 Å². The van der Waals surface area contributed by atoms with E-state index in [1.54, 1.807) is 18.5 Å². The van der Waals surface area contributed by atoms with Crippen LogP contribution in [0.25, 0.3) is 22.6 Å². The molecule has 0 aliphatic carbocycles. The van der Waals surface area contributed by atoms with Crippen molar-refractivity contribution in [2.24, 2.45) is 0 Å². The third-order valence-electron chi connectivity index (χ3n) is 4.72. The number of hydrogen-bond acceptors (Lipinski definition) is 3. The minimum absolute atomic E-state index is 0.0538. The van der Waals surface area contributed by atoms with Gasteiger partial charge in [-0.2, -0.15) is 13.2 Å². The molecule has 0 fully saturated rings. The van der Waals surface area contributed by atoms with Gasteiger partial charge >= 0.3 is 6.18 Å². The number of benzene rings is 1. The van der Waals surface area contributed by atoms with Crippen LogP contribution in [0.4, 0.5) is 13.2 Å². The van der Waals surface area contributed by atoms with Gasteiger partial charge in [-0.1, -0.05) is 6.08 Å². The first-order chi connectivity index (χ1) is 12.8. The summed E-state index contributed by atoms with van der Waals surface area (Å²) in [7, 11) is 1.99. The van der Waals surface area contributed by atoms with E-state index in [1.807, 2.05) is 20.2 Å². The number of fused-ring (bicyclic) bond motifs is 1. The van der Waals surface area contributed by atoms with Gasteiger partial charge in [0.05, 0.1) is 16.7 Å². The predicted octanol–water partition coefficient (Wildman–Crippen LogP) is 5.01. The summed E-state index contributed by atoms with van der Waals surface area (Å²) in [6.07, 6.45) is 3.96. The van der Waals surface area contributed by atoms with Gasteiger partial charge in [-0.05, 0) is 31.2 Å². The largest absolute Gasteiger partial charge is 0.436 e. The topological polar surface area (TPSA) is 41.9 Å². The molecule has 1 aromatic carbocycles. The summed E-state index contributed by atoms with van der Waals surface area (Å²) in [4.78, 5) is 8.53. The Hall–Kier alpha value is -2.96. The third-order valence-corrected chi connectivity index (χ3v) is 4.72. The van der Waals surface area contributed by atoms with Gasteiger partial charge in [0.2, 0.25) is 5.89 Å². The van der Waals surface area contributed by atoms with Gasteiger partial charge in [-0.25, -0.2) is 9.56 Å². The average molecular weight is 372 g/mol. The molecule has 27 heavy (non-hydrogen) atoms. The summed E-state index contributed by atoms with van der Waals surface area (Å²) < 4.78 is 46.7. The first-order valence-corrected chi connectivity index (χ1v) is 8.48. The number of pyridine rings is 1. The number of aromatic nitrogens is 2. The van der Waals surface area contributed by atoms with Crippen LogP contribution in [-0.2, 0) is 6.18 Å². The molecular formula is C20H17F3N3O+. The fourth-order valence-corrected chi connectivity index (χ4v) is 3.36. The van der Waals surface area contributed by atoms with Crippen LogP contribution in [0.2, 0.25) is 0 Å². The highest BCUT2D eigenvalue weighted by molar-refractivity contribution is 5.78. The highest BCUT2D eigenvalue weighted by Gasteiger charge is 2.31. The molecule has 0 N–H and O–H groups in total.